The minimum atomic E-state index is -0.256. The molecule has 0 amide bonds. The molecule has 5 heteroatoms. The van der Waals surface area contributed by atoms with Crippen LogP contribution in [0.5, 0.6) is 17.2 Å². The minimum absolute atomic E-state index is 0.0674. The highest BCUT2D eigenvalue weighted by molar-refractivity contribution is 5.89. The quantitative estimate of drug-likeness (QED) is 0.940. The highest BCUT2D eigenvalue weighted by atomic mass is 16.5. The summed E-state index contributed by atoms with van der Waals surface area (Å²) in [6.07, 6.45) is -0.137. The molecule has 2 rings (SSSR count). The molecule has 0 atom stereocenters. The van der Waals surface area contributed by atoms with E-state index in [0.29, 0.717) is 11.3 Å². The van der Waals surface area contributed by atoms with E-state index in [1.54, 1.807) is 22.8 Å². The second-order valence-corrected chi connectivity index (χ2v) is 5.50. The zero-order valence-electron chi connectivity index (χ0n) is 13.0. The Labute approximate surface area is 123 Å². The molecule has 2 aromatic rings. The monoisotopic (exact) mass is 291 g/mol. The maximum atomic E-state index is 12.7. The first-order chi connectivity index (χ1) is 9.86. The predicted molar refractivity (Wildman–Crippen MR) is 82.6 cm³/mol. The van der Waals surface area contributed by atoms with Crippen molar-refractivity contribution >= 4 is 10.9 Å². The van der Waals surface area contributed by atoms with Crippen molar-refractivity contribution in [2.45, 2.75) is 39.8 Å². The molecule has 5 nitrogen and oxygen atoms in total. The third kappa shape index (κ3) is 2.68. The fourth-order valence-corrected chi connectivity index (χ4v) is 2.40. The molecule has 0 spiro atoms. The first-order valence-electron chi connectivity index (χ1n) is 6.98. The summed E-state index contributed by atoms with van der Waals surface area (Å²) < 4.78 is 12.7. The van der Waals surface area contributed by atoms with E-state index in [0.717, 1.165) is 5.39 Å². The van der Waals surface area contributed by atoms with E-state index >= 15 is 0 Å². The summed E-state index contributed by atoms with van der Waals surface area (Å²) in [6.45, 7) is 7.55. The number of aromatic hydroxyl groups is 1. The van der Waals surface area contributed by atoms with Gasteiger partial charge in [0.15, 0.2) is 5.75 Å². The third-order valence-electron chi connectivity index (χ3n) is 3.18. The van der Waals surface area contributed by atoms with Crippen LogP contribution in [0, 0.1) is 0 Å². The van der Waals surface area contributed by atoms with Crippen LogP contribution in [0.4, 0.5) is 0 Å². The molecule has 0 aliphatic rings. The van der Waals surface area contributed by atoms with Gasteiger partial charge in [-0.05, 0) is 39.8 Å². The zero-order chi connectivity index (χ0) is 15.7. The normalized spacial score (nSPS) is 11.4. The number of nitrogens with zero attached hydrogens (tertiary/aromatic N) is 1. The van der Waals surface area contributed by atoms with Crippen molar-refractivity contribution in [2.75, 3.05) is 7.11 Å². The van der Waals surface area contributed by atoms with E-state index in [2.05, 4.69) is 0 Å². The van der Waals surface area contributed by atoms with Crippen molar-refractivity contribution in [3.63, 3.8) is 0 Å². The largest absolute Gasteiger partial charge is 0.508 e. The van der Waals surface area contributed by atoms with Crippen LogP contribution in [0.3, 0.4) is 0 Å². The number of ether oxygens (including phenoxy) is 2. The van der Waals surface area contributed by atoms with E-state index in [1.165, 1.54) is 7.11 Å². The topological polar surface area (TPSA) is 60.7 Å². The highest BCUT2D eigenvalue weighted by Crippen LogP contribution is 2.35. The lowest BCUT2D eigenvalue weighted by atomic mass is 10.1. The molecule has 114 valence electrons. The van der Waals surface area contributed by atoms with Gasteiger partial charge in [-0.15, -0.1) is 0 Å². The van der Waals surface area contributed by atoms with Crippen LogP contribution in [-0.2, 0) is 0 Å². The second kappa shape index (κ2) is 5.68. The summed E-state index contributed by atoms with van der Waals surface area (Å²) in [5.41, 5.74) is 0.372. The first kappa shape index (κ1) is 15.2. The Morgan fingerprint density at radius 2 is 1.81 bits per heavy atom. The van der Waals surface area contributed by atoms with E-state index < -0.39 is 0 Å². The number of hydrogen-bond donors (Lipinski definition) is 1. The summed E-state index contributed by atoms with van der Waals surface area (Å²) in [5.74, 6) is 0.718. The van der Waals surface area contributed by atoms with Gasteiger partial charge in [-0.3, -0.25) is 4.79 Å². The zero-order valence-corrected chi connectivity index (χ0v) is 13.0. The lowest BCUT2D eigenvalue weighted by Gasteiger charge is -2.20. The van der Waals surface area contributed by atoms with Crippen molar-refractivity contribution < 1.29 is 14.6 Å². The molecular weight excluding hydrogens is 270 g/mol. The van der Waals surface area contributed by atoms with Gasteiger partial charge in [0.05, 0.1) is 18.7 Å². The van der Waals surface area contributed by atoms with Crippen LogP contribution in [0.2, 0.25) is 0 Å². The van der Waals surface area contributed by atoms with Gasteiger partial charge < -0.3 is 19.1 Å². The molecule has 1 N–H and O–H groups in total. The van der Waals surface area contributed by atoms with Crippen LogP contribution < -0.4 is 15.0 Å². The number of hydrogen-bond acceptors (Lipinski definition) is 4. The van der Waals surface area contributed by atoms with Crippen molar-refractivity contribution in [1.82, 2.24) is 4.57 Å². The van der Waals surface area contributed by atoms with E-state index in [-0.39, 0.29) is 29.2 Å². The minimum Gasteiger partial charge on any atom is -0.508 e. The van der Waals surface area contributed by atoms with Gasteiger partial charge in [0.25, 0.3) is 5.56 Å². The van der Waals surface area contributed by atoms with Crippen molar-refractivity contribution in [2.24, 2.45) is 0 Å². The number of phenols is 1. The number of fused-ring (bicyclic) bond motifs is 1. The maximum absolute atomic E-state index is 12.7. The molecular formula is C16H21NO4. The van der Waals surface area contributed by atoms with Gasteiger partial charge >= 0.3 is 0 Å². The Balaban J connectivity index is 2.94. The van der Waals surface area contributed by atoms with Gasteiger partial charge in [-0.2, -0.15) is 0 Å². The van der Waals surface area contributed by atoms with Crippen molar-refractivity contribution in [3.05, 3.63) is 28.6 Å². The smallest absolute Gasteiger partial charge is 0.297 e. The molecule has 21 heavy (non-hydrogen) atoms. The summed E-state index contributed by atoms with van der Waals surface area (Å²) >= 11 is 0. The molecule has 1 heterocycles. The van der Waals surface area contributed by atoms with Gasteiger partial charge in [0.1, 0.15) is 5.75 Å². The Hall–Kier alpha value is -2.17. The molecule has 0 saturated carbocycles. The molecule has 1 aromatic heterocycles. The molecule has 0 bridgehead atoms. The third-order valence-corrected chi connectivity index (χ3v) is 3.18. The summed E-state index contributed by atoms with van der Waals surface area (Å²) in [5, 5.41) is 10.5. The average Bonchev–Trinajstić information content (AvgIpc) is 2.39. The van der Waals surface area contributed by atoms with E-state index in [9.17, 15) is 9.90 Å². The van der Waals surface area contributed by atoms with E-state index in [1.807, 2.05) is 27.7 Å². The standard InChI is InChI=1S/C16H21NO4/c1-9(2)17-13-8-11(18)6-7-12(13)14(20-5)15(16(17)19)21-10(3)4/h6-10,18H,1-5H3. The van der Waals surface area contributed by atoms with Crippen molar-refractivity contribution in [3.8, 4) is 17.2 Å². The SMILES string of the molecule is COc1c(OC(C)C)c(=O)n(C(C)C)c2cc(O)ccc12. The summed E-state index contributed by atoms with van der Waals surface area (Å²) in [6, 6.07) is 4.80. The van der Waals surface area contributed by atoms with Crippen LogP contribution in [0.1, 0.15) is 33.7 Å². The summed E-state index contributed by atoms with van der Waals surface area (Å²) in [4.78, 5) is 12.7. The molecule has 0 aliphatic heterocycles. The molecule has 0 aliphatic carbocycles. The van der Waals surface area contributed by atoms with Crippen molar-refractivity contribution in [1.29, 1.82) is 0 Å². The molecule has 1 aromatic carbocycles. The van der Waals surface area contributed by atoms with Crippen LogP contribution in [-0.4, -0.2) is 22.9 Å². The lowest BCUT2D eigenvalue weighted by molar-refractivity contribution is 0.225. The Kier molecular flexibility index (Phi) is 4.11. The Bertz CT molecular complexity index is 716. The van der Waals surface area contributed by atoms with Crippen LogP contribution in [0.25, 0.3) is 10.9 Å². The lowest BCUT2D eigenvalue weighted by Crippen LogP contribution is -2.26. The number of aromatic nitrogens is 1. The average molecular weight is 291 g/mol. The number of phenolic OH excluding ortho intramolecular Hbond substituents is 1. The van der Waals surface area contributed by atoms with Crippen LogP contribution in [0.15, 0.2) is 23.0 Å². The molecule has 0 radical (unpaired) electrons. The van der Waals surface area contributed by atoms with Gasteiger partial charge in [0.2, 0.25) is 5.75 Å². The molecule has 0 unspecified atom stereocenters. The Morgan fingerprint density at radius 1 is 1.14 bits per heavy atom. The van der Waals surface area contributed by atoms with Crippen LogP contribution >= 0.6 is 0 Å². The highest BCUT2D eigenvalue weighted by Gasteiger charge is 2.21. The van der Waals surface area contributed by atoms with Gasteiger partial charge in [-0.25, -0.2) is 0 Å². The van der Waals surface area contributed by atoms with Gasteiger partial charge in [-0.1, -0.05) is 0 Å². The van der Waals surface area contributed by atoms with Gasteiger partial charge in [0, 0.05) is 17.5 Å². The summed E-state index contributed by atoms with van der Waals surface area (Å²) in [7, 11) is 1.51. The van der Waals surface area contributed by atoms with E-state index in [4.69, 9.17) is 9.47 Å². The fraction of sp³-hybridized carbons (Fsp3) is 0.438. The first-order valence-corrected chi connectivity index (χ1v) is 6.98. The predicted octanol–water partition coefficient (Wildman–Crippen LogP) is 3.08. The Morgan fingerprint density at radius 3 is 2.33 bits per heavy atom. The maximum Gasteiger partial charge on any atom is 0.297 e. The number of rotatable bonds is 4. The number of pyridine rings is 1. The number of benzene rings is 1. The number of methoxy groups -OCH3 is 1. The second-order valence-electron chi connectivity index (χ2n) is 5.50. The molecule has 0 fully saturated rings. The fourth-order valence-electron chi connectivity index (χ4n) is 2.40. The molecule has 0 saturated heterocycles.